The minimum Gasteiger partial charge on any atom is -0.340 e. The Balaban J connectivity index is 1.91. The van der Waals surface area contributed by atoms with Crippen LogP contribution in [-0.4, -0.2) is 34.7 Å². The third-order valence-electron chi connectivity index (χ3n) is 6.56. The van der Waals surface area contributed by atoms with Crippen molar-refractivity contribution in [2.45, 2.75) is 39.8 Å². The minimum atomic E-state index is -0.234. The highest BCUT2D eigenvalue weighted by Gasteiger charge is 2.20. The first-order chi connectivity index (χ1) is 15.4. The molecule has 2 aromatic heterocycles. The second-order valence-electron chi connectivity index (χ2n) is 9.08. The molecule has 3 nitrogen and oxygen atoms in total. The smallest absolute Gasteiger partial charge is 0.123 e. The molecule has 0 fully saturated rings. The van der Waals surface area contributed by atoms with Gasteiger partial charge in [0.15, 0.2) is 0 Å². The average molecular weight is 434 g/mol. The van der Waals surface area contributed by atoms with Crippen molar-refractivity contribution in [3.05, 3.63) is 59.7 Å². The van der Waals surface area contributed by atoms with Crippen molar-refractivity contribution in [2.24, 2.45) is 0 Å². The molecule has 3 aromatic carbocycles. The van der Waals surface area contributed by atoms with E-state index in [2.05, 4.69) is 48.0 Å². The Morgan fingerprint density at radius 3 is 1.78 bits per heavy atom. The van der Waals surface area contributed by atoms with Gasteiger partial charge in [-0.05, 0) is 88.4 Å². The average Bonchev–Trinajstić information content (AvgIpc) is 3.22. The molecule has 0 radical (unpaired) electrons. The number of hydrogen-bond acceptors (Lipinski definition) is 1. The summed E-state index contributed by atoms with van der Waals surface area (Å²) in [6, 6.07) is 12.3. The Bertz CT molecular complexity index is 1470. The maximum Gasteiger partial charge on any atom is 0.123 e. The van der Waals surface area contributed by atoms with Crippen molar-refractivity contribution >= 4 is 43.6 Å². The predicted octanol–water partition coefficient (Wildman–Crippen LogP) is 6.85. The second kappa shape index (κ2) is 7.89. The van der Waals surface area contributed by atoms with E-state index >= 15 is 0 Å². The standard InChI is InChI=1S/C27H29F2N3/c1-5-11-31-24-9-7-18(28)14-20(24)22-16-23-21-15-19(29)8-10-25(21)32(13-6-12-30(3)4)27(23)17(2)26(22)31/h7-10,14-16H,5-6,11-13H2,1-4H3. The van der Waals surface area contributed by atoms with Gasteiger partial charge in [-0.3, -0.25) is 0 Å². The van der Waals surface area contributed by atoms with Gasteiger partial charge in [0.25, 0.3) is 0 Å². The summed E-state index contributed by atoms with van der Waals surface area (Å²) in [5.41, 5.74) is 5.57. The molecule has 0 aliphatic heterocycles. The summed E-state index contributed by atoms with van der Waals surface area (Å²) in [4.78, 5) is 2.19. The Kier molecular flexibility index (Phi) is 5.17. The molecule has 5 heteroatoms. The summed E-state index contributed by atoms with van der Waals surface area (Å²) in [6.07, 6.45) is 1.99. The van der Waals surface area contributed by atoms with Crippen LogP contribution in [0.1, 0.15) is 25.3 Å². The fraction of sp³-hybridized carbons (Fsp3) is 0.333. The lowest BCUT2D eigenvalue weighted by Crippen LogP contribution is -2.15. The third kappa shape index (κ3) is 3.18. The van der Waals surface area contributed by atoms with E-state index in [0.29, 0.717) is 0 Å². The molecule has 0 unspecified atom stereocenters. The minimum absolute atomic E-state index is 0.233. The molecule has 0 aliphatic carbocycles. The number of aryl methyl sites for hydroxylation is 3. The van der Waals surface area contributed by atoms with E-state index in [1.807, 2.05) is 12.1 Å². The van der Waals surface area contributed by atoms with Gasteiger partial charge in [-0.2, -0.15) is 0 Å². The van der Waals surface area contributed by atoms with Gasteiger partial charge in [0.2, 0.25) is 0 Å². The van der Waals surface area contributed by atoms with E-state index in [9.17, 15) is 8.78 Å². The largest absolute Gasteiger partial charge is 0.340 e. The summed E-state index contributed by atoms with van der Waals surface area (Å²) in [6.45, 7) is 7.03. The van der Waals surface area contributed by atoms with Crippen molar-refractivity contribution in [3.63, 3.8) is 0 Å². The molecule has 0 saturated carbocycles. The number of hydrogen-bond donors (Lipinski definition) is 0. The number of halogens is 2. The van der Waals surface area contributed by atoms with E-state index in [-0.39, 0.29) is 11.6 Å². The maximum atomic E-state index is 14.3. The Labute approximate surface area is 186 Å². The molecule has 0 spiro atoms. The molecule has 5 rings (SSSR count). The van der Waals surface area contributed by atoms with Gasteiger partial charge in [-0.25, -0.2) is 8.78 Å². The highest BCUT2D eigenvalue weighted by molar-refractivity contribution is 6.19. The molecule has 0 aliphatic rings. The SMILES string of the molecule is CCCn1c2ccc(F)cc2c2cc3c4cc(F)ccc4n(CCCN(C)C)c3c(C)c21. The molecule has 0 saturated heterocycles. The van der Waals surface area contributed by atoms with E-state index in [4.69, 9.17) is 0 Å². The maximum absolute atomic E-state index is 14.3. The first-order valence-electron chi connectivity index (χ1n) is 11.4. The van der Waals surface area contributed by atoms with Crippen molar-refractivity contribution < 1.29 is 8.78 Å². The molecule has 0 N–H and O–H groups in total. The van der Waals surface area contributed by atoms with Crippen molar-refractivity contribution in [3.8, 4) is 0 Å². The van der Waals surface area contributed by atoms with Crippen molar-refractivity contribution in [1.82, 2.24) is 14.0 Å². The van der Waals surface area contributed by atoms with Crippen LogP contribution in [0, 0.1) is 18.6 Å². The van der Waals surface area contributed by atoms with Crippen LogP contribution in [0.4, 0.5) is 8.78 Å². The fourth-order valence-corrected chi connectivity index (χ4v) is 5.30. The molecule has 5 aromatic rings. The van der Waals surface area contributed by atoms with Gasteiger partial charge in [0.1, 0.15) is 11.6 Å². The van der Waals surface area contributed by atoms with E-state index < -0.39 is 0 Å². The van der Waals surface area contributed by atoms with Gasteiger partial charge in [-0.15, -0.1) is 0 Å². The van der Waals surface area contributed by atoms with Crippen LogP contribution in [0.3, 0.4) is 0 Å². The zero-order valence-corrected chi connectivity index (χ0v) is 19.2. The van der Waals surface area contributed by atoms with Crippen LogP contribution in [0.15, 0.2) is 42.5 Å². The topological polar surface area (TPSA) is 13.1 Å². The molecule has 166 valence electrons. The van der Waals surface area contributed by atoms with Crippen molar-refractivity contribution in [2.75, 3.05) is 20.6 Å². The summed E-state index contributed by atoms with van der Waals surface area (Å²) in [7, 11) is 4.16. The summed E-state index contributed by atoms with van der Waals surface area (Å²) < 4.78 is 33.2. The highest BCUT2D eigenvalue weighted by Crippen LogP contribution is 2.40. The zero-order chi connectivity index (χ0) is 22.6. The van der Waals surface area contributed by atoms with Crippen LogP contribution in [-0.2, 0) is 13.1 Å². The fourth-order valence-electron chi connectivity index (χ4n) is 5.30. The number of nitrogens with zero attached hydrogens (tertiary/aromatic N) is 3. The van der Waals surface area contributed by atoms with Crippen LogP contribution >= 0.6 is 0 Å². The lowest BCUT2D eigenvalue weighted by Gasteiger charge is -2.14. The summed E-state index contributed by atoms with van der Waals surface area (Å²) >= 11 is 0. The molecule has 0 atom stereocenters. The Hall–Kier alpha value is -2.92. The van der Waals surface area contributed by atoms with Crippen LogP contribution in [0.2, 0.25) is 0 Å². The van der Waals surface area contributed by atoms with E-state index in [1.165, 1.54) is 11.6 Å². The number of fused-ring (bicyclic) bond motifs is 6. The quantitative estimate of drug-likeness (QED) is 0.285. The Morgan fingerprint density at radius 1 is 0.750 bits per heavy atom. The van der Waals surface area contributed by atoms with Gasteiger partial charge < -0.3 is 14.0 Å². The highest BCUT2D eigenvalue weighted by atomic mass is 19.1. The Morgan fingerprint density at radius 2 is 1.28 bits per heavy atom. The number of aromatic nitrogens is 2. The van der Waals surface area contributed by atoms with Gasteiger partial charge >= 0.3 is 0 Å². The molecular formula is C27H29F2N3. The molecule has 0 amide bonds. The normalized spacial score (nSPS) is 12.3. The van der Waals surface area contributed by atoms with E-state index in [0.717, 1.165) is 76.1 Å². The van der Waals surface area contributed by atoms with Gasteiger partial charge in [-0.1, -0.05) is 6.92 Å². The lowest BCUT2D eigenvalue weighted by molar-refractivity contribution is 0.389. The lowest BCUT2D eigenvalue weighted by atomic mass is 10.0. The first-order valence-corrected chi connectivity index (χ1v) is 11.4. The zero-order valence-electron chi connectivity index (χ0n) is 19.2. The molecule has 2 heterocycles. The predicted molar refractivity (Wildman–Crippen MR) is 131 cm³/mol. The molecule has 0 bridgehead atoms. The van der Waals surface area contributed by atoms with Gasteiger partial charge in [0.05, 0.1) is 11.0 Å². The number of rotatable bonds is 6. The molecule has 32 heavy (non-hydrogen) atoms. The first kappa shape index (κ1) is 21.0. The third-order valence-corrected chi connectivity index (χ3v) is 6.56. The van der Waals surface area contributed by atoms with Gasteiger partial charge in [0, 0.05) is 45.7 Å². The van der Waals surface area contributed by atoms with Crippen LogP contribution < -0.4 is 0 Å². The van der Waals surface area contributed by atoms with Crippen molar-refractivity contribution in [1.29, 1.82) is 0 Å². The summed E-state index contributed by atoms with van der Waals surface area (Å²) in [5.74, 6) is -0.468. The summed E-state index contributed by atoms with van der Waals surface area (Å²) in [5, 5.41) is 3.91. The van der Waals surface area contributed by atoms with Crippen LogP contribution in [0.25, 0.3) is 43.6 Å². The number of benzene rings is 3. The second-order valence-corrected chi connectivity index (χ2v) is 9.08. The van der Waals surface area contributed by atoms with Crippen LogP contribution in [0.5, 0.6) is 0 Å². The monoisotopic (exact) mass is 433 g/mol. The molecular weight excluding hydrogens is 404 g/mol. The van der Waals surface area contributed by atoms with E-state index in [1.54, 1.807) is 18.2 Å².